The zero-order chi connectivity index (χ0) is 33.5. The van der Waals surface area contributed by atoms with E-state index in [0.29, 0.717) is 17.6 Å². The van der Waals surface area contributed by atoms with Crippen LogP contribution in [0.1, 0.15) is 0 Å². The highest BCUT2D eigenvalue weighted by Crippen LogP contribution is 2.38. The Bertz CT molecular complexity index is 3060. The molecule has 0 unspecified atom stereocenters. The van der Waals surface area contributed by atoms with Crippen molar-refractivity contribution < 1.29 is 4.42 Å². The van der Waals surface area contributed by atoms with Gasteiger partial charge in [-0.05, 0) is 54.6 Å². The second kappa shape index (κ2) is 10.7. The maximum atomic E-state index is 6.51. The fourth-order valence-corrected chi connectivity index (χ4v) is 7.66. The summed E-state index contributed by atoms with van der Waals surface area (Å²) in [6.07, 6.45) is 1.84. The van der Waals surface area contributed by atoms with Crippen LogP contribution in [0.4, 0.5) is 0 Å². The highest BCUT2D eigenvalue weighted by molar-refractivity contribution is 6.11. The van der Waals surface area contributed by atoms with E-state index in [4.69, 9.17) is 24.4 Å². The van der Waals surface area contributed by atoms with Gasteiger partial charge < -0.3 is 4.42 Å². The van der Waals surface area contributed by atoms with E-state index in [0.717, 1.165) is 82.5 Å². The van der Waals surface area contributed by atoms with Crippen LogP contribution in [0.2, 0.25) is 0 Å². The SMILES string of the molecule is c1ccc(-n2c3ccccc3c3cccnc32)c(-c2nc(-c3cccc4c3oc3ccccc34)nc(-n3c4ccccc4c4ccccc43)n2)c1. The number of para-hydroxylation sites is 6. The molecule has 0 atom stereocenters. The van der Waals surface area contributed by atoms with Gasteiger partial charge >= 0.3 is 0 Å². The number of hydrogen-bond donors (Lipinski definition) is 0. The van der Waals surface area contributed by atoms with E-state index in [2.05, 4.69) is 112 Å². The largest absolute Gasteiger partial charge is 0.455 e. The molecule has 51 heavy (non-hydrogen) atoms. The molecule has 0 radical (unpaired) electrons. The molecule has 0 aliphatic rings. The number of pyridine rings is 1. The third-order valence-electron chi connectivity index (χ3n) is 9.87. The van der Waals surface area contributed by atoms with Gasteiger partial charge in [0.05, 0.1) is 27.8 Å². The van der Waals surface area contributed by atoms with E-state index in [9.17, 15) is 0 Å². The fraction of sp³-hybridized carbons (Fsp3) is 0. The smallest absolute Gasteiger partial charge is 0.238 e. The number of fused-ring (bicyclic) bond motifs is 9. The van der Waals surface area contributed by atoms with E-state index >= 15 is 0 Å². The minimum absolute atomic E-state index is 0.524. The van der Waals surface area contributed by atoms with E-state index < -0.39 is 0 Å². The Morgan fingerprint density at radius 1 is 0.412 bits per heavy atom. The Kier molecular flexibility index (Phi) is 5.83. The summed E-state index contributed by atoms with van der Waals surface area (Å²) >= 11 is 0. The average molecular weight is 655 g/mol. The number of benzene rings is 6. The zero-order valence-electron chi connectivity index (χ0n) is 27.1. The molecule has 0 aliphatic carbocycles. The summed E-state index contributed by atoms with van der Waals surface area (Å²) < 4.78 is 10.9. The van der Waals surface area contributed by atoms with E-state index in [1.54, 1.807) is 0 Å². The third kappa shape index (κ3) is 4.06. The number of nitrogens with zero attached hydrogens (tertiary/aromatic N) is 6. The zero-order valence-corrected chi connectivity index (χ0v) is 27.1. The lowest BCUT2D eigenvalue weighted by molar-refractivity contribution is 0.669. The maximum Gasteiger partial charge on any atom is 0.238 e. The van der Waals surface area contributed by atoms with Gasteiger partial charge in [0.15, 0.2) is 11.6 Å². The predicted molar refractivity (Wildman–Crippen MR) is 204 cm³/mol. The highest BCUT2D eigenvalue weighted by atomic mass is 16.3. The van der Waals surface area contributed by atoms with Crippen LogP contribution in [0.5, 0.6) is 0 Å². The number of rotatable bonds is 4. The molecule has 0 saturated heterocycles. The first-order valence-electron chi connectivity index (χ1n) is 16.9. The van der Waals surface area contributed by atoms with Gasteiger partial charge in [-0.2, -0.15) is 9.97 Å². The van der Waals surface area contributed by atoms with Crippen molar-refractivity contribution >= 4 is 65.7 Å². The van der Waals surface area contributed by atoms with Crippen LogP contribution in [-0.4, -0.2) is 29.1 Å². The first kappa shape index (κ1) is 27.8. The summed E-state index contributed by atoms with van der Waals surface area (Å²) in [7, 11) is 0. The Hall–Kier alpha value is -7.12. The number of furan rings is 1. The predicted octanol–water partition coefficient (Wildman–Crippen LogP) is 10.7. The fourth-order valence-electron chi connectivity index (χ4n) is 7.66. The standard InChI is InChI=1S/C44H26N6O/c1-7-22-36-27(13-1)28-14-2-8-23-37(28)50(36)44-47-41(46-42(48-44)34-19-11-18-31-30-16-5-10-25-39(30)51-40(31)34)33-17-4-9-24-38(33)49-35-21-6-3-15-29(35)32-20-12-26-45-43(32)49/h1-26H. The highest BCUT2D eigenvalue weighted by Gasteiger charge is 2.23. The van der Waals surface area contributed by atoms with Gasteiger partial charge in [0.2, 0.25) is 5.95 Å². The van der Waals surface area contributed by atoms with Gasteiger partial charge in [0.25, 0.3) is 0 Å². The molecule has 0 bridgehead atoms. The summed E-state index contributed by atoms with van der Waals surface area (Å²) in [5.41, 5.74) is 8.10. The molecule has 6 aromatic carbocycles. The number of aromatic nitrogens is 6. The van der Waals surface area contributed by atoms with Crippen LogP contribution in [-0.2, 0) is 0 Å². The molecule has 0 aliphatic heterocycles. The van der Waals surface area contributed by atoms with Gasteiger partial charge in [0.1, 0.15) is 16.8 Å². The quantitative estimate of drug-likeness (QED) is 0.189. The van der Waals surface area contributed by atoms with Crippen LogP contribution in [0.15, 0.2) is 162 Å². The van der Waals surface area contributed by atoms with Crippen LogP contribution in [0.3, 0.4) is 0 Å². The van der Waals surface area contributed by atoms with Gasteiger partial charge in [-0.25, -0.2) is 9.97 Å². The molecule has 5 heterocycles. The van der Waals surface area contributed by atoms with E-state index in [1.807, 2.05) is 54.7 Å². The molecular formula is C44H26N6O. The Balaban J connectivity index is 1.24. The van der Waals surface area contributed by atoms with Crippen molar-refractivity contribution in [3.8, 4) is 34.4 Å². The molecule has 0 amide bonds. The molecule has 0 saturated carbocycles. The van der Waals surface area contributed by atoms with Crippen LogP contribution >= 0.6 is 0 Å². The Labute approximate surface area is 290 Å². The Morgan fingerprint density at radius 2 is 0.961 bits per heavy atom. The van der Waals surface area contributed by atoms with Crippen molar-refractivity contribution in [2.45, 2.75) is 0 Å². The second-order valence-electron chi connectivity index (χ2n) is 12.7. The summed E-state index contributed by atoms with van der Waals surface area (Å²) in [6, 6.07) is 51.9. The minimum atomic E-state index is 0.524. The van der Waals surface area contributed by atoms with Crippen molar-refractivity contribution in [2.24, 2.45) is 0 Å². The summed E-state index contributed by atoms with van der Waals surface area (Å²) in [6.45, 7) is 0. The first-order chi connectivity index (χ1) is 25.3. The lowest BCUT2D eigenvalue weighted by atomic mass is 10.1. The summed E-state index contributed by atoms with van der Waals surface area (Å²) in [4.78, 5) is 20.7. The molecule has 0 spiro atoms. The van der Waals surface area contributed by atoms with Crippen LogP contribution < -0.4 is 0 Å². The van der Waals surface area contributed by atoms with E-state index in [1.165, 1.54) is 0 Å². The van der Waals surface area contributed by atoms with Crippen molar-refractivity contribution in [3.05, 3.63) is 158 Å². The van der Waals surface area contributed by atoms with Crippen molar-refractivity contribution in [2.75, 3.05) is 0 Å². The lowest BCUT2D eigenvalue weighted by Crippen LogP contribution is -2.08. The second-order valence-corrected chi connectivity index (χ2v) is 12.7. The molecule has 11 rings (SSSR count). The van der Waals surface area contributed by atoms with Crippen LogP contribution in [0.25, 0.3) is 100 Å². The number of hydrogen-bond acceptors (Lipinski definition) is 5. The van der Waals surface area contributed by atoms with E-state index in [-0.39, 0.29) is 0 Å². The van der Waals surface area contributed by atoms with Gasteiger partial charge in [-0.15, -0.1) is 0 Å². The molecule has 7 heteroatoms. The summed E-state index contributed by atoms with van der Waals surface area (Å²) in [5, 5.41) is 6.55. The lowest BCUT2D eigenvalue weighted by Gasteiger charge is -2.15. The molecule has 238 valence electrons. The third-order valence-corrected chi connectivity index (χ3v) is 9.87. The van der Waals surface area contributed by atoms with Gasteiger partial charge in [0, 0.05) is 44.1 Å². The monoisotopic (exact) mass is 654 g/mol. The van der Waals surface area contributed by atoms with Crippen molar-refractivity contribution in [1.82, 2.24) is 29.1 Å². The molecule has 0 fully saturated rings. The normalized spacial score (nSPS) is 11.9. The minimum Gasteiger partial charge on any atom is -0.455 e. The topological polar surface area (TPSA) is 74.6 Å². The first-order valence-corrected chi connectivity index (χ1v) is 16.9. The Morgan fingerprint density at radius 3 is 1.73 bits per heavy atom. The summed E-state index contributed by atoms with van der Waals surface area (Å²) in [5.74, 6) is 1.59. The van der Waals surface area contributed by atoms with Crippen molar-refractivity contribution in [3.63, 3.8) is 0 Å². The molecule has 5 aromatic heterocycles. The molecular weight excluding hydrogens is 629 g/mol. The average Bonchev–Trinajstić information content (AvgIpc) is 3.86. The molecule has 7 nitrogen and oxygen atoms in total. The molecule has 11 aromatic rings. The van der Waals surface area contributed by atoms with Gasteiger partial charge in [-0.1, -0.05) is 97.1 Å². The molecule has 0 N–H and O–H groups in total. The van der Waals surface area contributed by atoms with Crippen molar-refractivity contribution in [1.29, 1.82) is 0 Å². The van der Waals surface area contributed by atoms with Gasteiger partial charge in [-0.3, -0.25) is 9.13 Å². The van der Waals surface area contributed by atoms with Crippen LogP contribution in [0, 0.1) is 0 Å². The maximum absolute atomic E-state index is 6.51.